The standard InChI is InChI=1S/C11H13NO3/c13-9-6-12(7-10(14)11(9)15)8-4-2-1-3-5-8/h1-5,9-10,13-14H,6-7H2. The lowest BCUT2D eigenvalue weighted by Gasteiger charge is -2.33. The molecule has 2 N–H and O–H groups in total. The van der Waals surface area contributed by atoms with Crippen LogP contribution in [0.5, 0.6) is 0 Å². The maximum Gasteiger partial charge on any atom is 0.193 e. The lowest BCUT2D eigenvalue weighted by molar-refractivity contribution is -0.136. The summed E-state index contributed by atoms with van der Waals surface area (Å²) in [4.78, 5) is 13.0. The molecule has 1 aliphatic rings. The molecule has 0 aliphatic carbocycles. The highest BCUT2D eigenvalue weighted by molar-refractivity contribution is 5.89. The third-order valence-corrected chi connectivity index (χ3v) is 2.56. The quantitative estimate of drug-likeness (QED) is 0.669. The van der Waals surface area contributed by atoms with Gasteiger partial charge in [0.2, 0.25) is 0 Å². The van der Waals surface area contributed by atoms with Gasteiger partial charge in [-0.05, 0) is 12.1 Å². The first-order valence-electron chi connectivity index (χ1n) is 4.88. The van der Waals surface area contributed by atoms with Crippen LogP contribution in [0.2, 0.25) is 0 Å². The molecule has 0 radical (unpaired) electrons. The van der Waals surface area contributed by atoms with Crippen LogP contribution in [0.25, 0.3) is 0 Å². The number of β-amino-alcohol motifs (C(OH)–C–C–N with tert-alkyl or cyclic N) is 2. The van der Waals surface area contributed by atoms with Crippen molar-refractivity contribution in [2.24, 2.45) is 0 Å². The molecule has 80 valence electrons. The second-order valence-electron chi connectivity index (χ2n) is 3.67. The zero-order valence-corrected chi connectivity index (χ0v) is 8.21. The van der Waals surface area contributed by atoms with Crippen molar-refractivity contribution in [3.8, 4) is 0 Å². The van der Waals surface area contributed by atoms with E-state index in [0.717, 1.165) is 5.69 Å². The van der Waals surface area contributed by atoms with E-state index < -0.39 is 18.0 Å². The number of carbonyl (C=O) groups is 1. The highest BCUT2D eigenvalue weighted by atomic mass is 16.3. The monoisotopic (exact) mass is 207 g/mol. The van der Waals surface area contributed by atoms with Gasteiger partial charge in [0.1, 0.15) is 12.2 Å². The summed E-state index contributed by atoms with van der Waals surface area (Å²) in [6, 6.07) is 9.42. The van der Waals surface area contributed by atoms with E-state index >= 15 is 0 Å². The van der Waals surface area contributed by atoms with E-state index in [2.05, 4.69) is 0 Å². The number of piperidine rings is 1. The molecule has 1 heterocycles. The van der Waals surface area contributed by atoms with E-state index in [9.17, 15) is 15.0 Å². The predicted molar refractivity (Wildman–Crippen MR) is 55.7 cm³/mol. The second kappa shape index (κ2) is 4.00. The topological polar surface area (TPSA) is 60.8 Å². The van der Waals surface area contributed by atoms with Crippen molar-refractivity contribution < 1.29 is 15.0 Å². The van der Waals surface area contributed by atoms with Crippen molar-refractivity contribution in [3.63, 3.8) is 0 Å². The molecule has 1 aliphatic heterocycles. The fourth-order valence-electron chi connectivity index (χ4n) is 1.74. The van der Waals surface area contributed by atoms with Gasteiger partial charge in [0, 0.05) is 5.69 Å². The fraction of sp³-hybridized carbons (Fsp3) is 0.364. The molecular weight excluding hydrogens is 194 g/mol. The van der Waals surface area contributed by atoms with Crippen molar-refractivity contribution in [2.75, 3.05) is 18.0 Å². The van der Waals surface area contributed by atoms with Crippen molar-refractivity contribution in [1.29, 1.82) is 0 Å². The molecule has 4 heteroatoms. The molecule has 0 aromatic heterocycles. The van der Waals surface area contributed by atoms with Crippen molar-refractivity contribution >= 4 is 11.5 Å². The third-order valence-electron chi connectivity index (χ3n) is 2.56. The van der Waals surface area contributed by atoms with Gasteiger partial charge in [-0.1, -0.05) is 18.2 Å². The minimum atomic E-state index is -1.09. The van der Waals surface area contributed by atoms with E-state index in [1.807, 2.05) is 30.3 Å². The summed E-state index contributed by atoms with van der Waals surface area (Å²) >= 11 is 0. The number of benzene rings is 1. The molecule has 0 amide bonds. The number of nitrogens with zero attached hydrogens (tertiary/aromatic N) is 1. The van der Waals surface area contributed by atoms with Crippen molar-refractivity contribution in [3.05, 3.63) is 30.3 Å². The summed E-state index contributed by atoms with van der Waals surface area (Å²) in [5.41, 5.74) is 0.906. The number of hydrogen-bond donors (Lipinski definition) is 2. The normalized spacial score (nSPS) is 26.8. The number of para-hydroxylation sites is 1. The Hall–Kier alpha value is -1.39. The smallest absolute Gasteiger partial charge is 0.193 e. The Morgan fingerprint density at radius 2 is 1.60 bits per heavy atom. The Bertz CT molecular complexity index is 338. The Morgan fingerprint density at radius 1 is 1.07 bits per heavy atom. The molecule has 0 spiro atoms. The van der Waals surface area contributed by atoms with Gasteiger partial charge in [-0.25, -0.2) is 0 Å². The Labute approximate surface area is 87.8 Å². The summed E-state index contributed by atoms with van der Waals surface area (Å²) < 4.78 is 0. The Morgan fingerprint density at radius 3 is 2.13 bits per heavy atom. The zero-order valence-electron chi connectivity index (χ0n) is 8.21. The molecule has 2 rings (SSSR count). The van der Waals surface area contributed by atoms with Crippen LogP contribution in [0.1, 0.15) is 0 Å². The van der Waals surface area contributed by atoms with Crippen LogP contribution in [0.15, 0.2) is 30.3 Å². The van der Waals surface area contributed by atoms with E-state index in [-0.39, 0.29) is 13.1 Å². The van der Waals surface area contributed by atoms with Crippen LogP contribution >= 0.6 is 0 Å². The summed E-state index contributed by atoms with van der Waals surface area (Å²) in [6.07, 6.45) is -2.18. The second-order valence-corrected chi connectivity index (χ2v) is 3.67. The lowest BCUT2D eigenvalue weighted by Crippen LogP contribution is -2.52. The number of anilines is 1. The first-order chi connectivity index (χ1) is 7.18. The largest absolute Gasteiger partial charge is 0.383 e. The van der Waals surface area contributed by atoms with Crippen LogP contribution in [0.3, 0.4) is 0 Å². The van der Waals surface area contributed by atoms with Gasteiger partial charge in [0.25, 0.3) is 0 Å². The number of rotatable bonds is 1. The van der Waals surface area contributed by atoms with E-state index in [0.29, 0.717) is 0 Å². The van der Waals surface area contributed by atoms with Crippen molar-refractivity contribution in [1.82, 2.24) is 0 Å². The van der Waals surface area contributed by atoms with E-state index in [1.165, 1.54) is 0 Å². The summed E-state index contributed by atoms with van der Waals surface area (Å²) in [7, 11) is 0. The fourth-order valence-corrected chi connectivity index (χ4v) is 1.74. The number of Topliss-reactive ketones (excluding diaryl/α,β-unsaturated/α-hetero) is 1. The average Bonchev–Trinajstić information content (AvgIpc) is 2.26. The van der Waals surface area contributed by atoms with Crippen molar-refractivity contribution in [2.45, 2.75) is 12.2 Å². The molecule has 2 atom stereocenters. The molecule has 2 unspecified atom stereocenters. The maximum absolute atomic E-state index is 11.2. The average molecular weight is 207 g/mol. The molecular formula is C11H13NO3. The lowest BCUT2D eigenvalue weighted by atomic mass is 10.0. The molecule has 1 fully saturated rings. The van der Waals surface area contributed by atoms with Gasteiger partial charge in [0.15, 0.2) is 5.78 Å². The van der Waals surface area contributed by atoms with Crippen LogP contribution in [-0.2, 0) is 4.79 Å². The van der Waals surface area contributed by atoms with Gasteiger partial charge in [-0.15, -0.1) is 0 Å². The van der Waals surface area contributed by atoms with Gasteiger partial charge < -0.3 is 15.1 Å². The van der Waals surface area contributed by atoms with Gasteiger partial charge >= 0.3 is 0 Å². The van der Waals surface area contributed by atoms with Crippen LogP contribution < -0.4 is 4.90 Å². The third kappa shape index (κ3) is 2.00. The molecule has 1 saturated heterocycles. The SMILES string of the molecule is O=C1C(O)CN(c2ccccc2)CC1O. The van der Waals surface area contributed by atoms with Gasteiger partial charge in [0.05, 0.1) is 13.1 Å². The summed E-state index contributed by atoms with van der Waals surface area (Å²) in [5, 5.41) is 18.9. The molecule has 0 bridgehead atoms. The first-order valence-corrected chi connectivity index (χ1v) is 4.88. The van der Waals surface area contributed by atoms with E-state index in [4.69, 9.17) is 0 Å². The number of hydrogen-bond acceptors (Lipinski definition) is 4. The zero-order chi connectivity index (χ0) is 10.8. The summed E-state index contributed by atoms with van der Waals surface area (Å²) in [6.45, 7) is 0.500. The molecule has 15 heavy (non-hydrogen) atoms. The molecule has 0 saturated carbocycles. The maximum atomic E-state index is 11.2. The molecule has 1 aromatic rings. The first kappa shape index (κ1) is 10.1. The van der Waals surface area contributed by atoms with Crippen LogP contribution in [0, 0.1) is 0 Å². The number of carbonyl (C=O) groups excluding carboxylic acids is 1. The summed E-state index contributed by atoms with van der Waals surface area (Å²) in [5.74, 6) is -0.484. The molecule has 1 aromatic carbocycles. The van der Waals surface area contributed by atoms with Crippen LogP contribution in [-0.4, -0.2) is 41.3 Å². The van der Waals surface area contributed by atoms with Gasteiger partial charge in [-0.3, -0.25) is 4.79 Å². The minimum Gasteiger partial charge on any atom is -0.383 e. The van der Waals surface area contributed by atoms with Crippen LogP contribution in [0.4, 0.5) is 5.69 Å². The van der Waals surface area contributed by atoms with Gasteiger partial charge in [-0.2, -0.15) is 0 Å². The number of aliphatic hydroxyl groups is 2. The highest BCUT2D eigenvalue weighted by Crippen LogP contribution is 2.18. The minimum absolute atomic E-state index is 0.250. The predicted octanol–water partition coefficient (Wildman–Crippen LogP) is -0.202. The van der Waals surface area contributed by atoms with E-state index in [1.54, 1.807) is 4.90 Å². The Balaban J connectivity index is 2.16. The number of aliphatic hydroxyl groups excluding tert-OH is 2. The number of ketones is 1. The molecule has 4 nitrogen and oxygen atoms in total. The highest BCUT2D eigenvalue weighted by Gasteiger charge is 2.32. The Kier molecular flexibility index (Phi) is 2.70.